The predicted octanol–water partition coefficient (Wildman–Crippen LogP) is 4.27. The summed E-state index contributed by atoms with van der Waals surface area (Å²) in [4.78, 5) is 25.1. The third kappa shape index (κ3) is 4.76. The number of hydrogen-bond donors (Lipinski definition) is 2. The highest BCUT2D eigenvalue weighted by molar-refractivity contribution is 6.08. The fourth-order valence-corrected chi connectivity index (χ4v) is 2.54. The molecule has 0 fully saturated rings. The number of benzene rings is 2. The minimum Gasteiger partial charge on any atom is -0.489 e. The summed E-state index contributed by atoms with van der Waals surface area (Å²) in [7, 11) is 0. The van der Waals surface area contributed by atoms with Crippen LogP contribution in [-0.4, -0.2) is 23.1 Å². The van der Waals surface area contributed by atoms with E-state index in [1.807, 2.05) is 26.0 Å². The summed E-state index contributed by atoms with van der Waals surface area (Å²) in [6.45, 7) is 5.56. The molecule has 1 aromatic heterocycles. The Morgan fingerprint density at radius 1 is 0.964 bits per heavy atom. The van der Waals surface area contributed by atoms with Gasteiger partial charge in [-0.1, -0.05) is 23.4 Å². The van der Waals surface area contributed by atoms with Crippen molar-refractivity contribution in [1.82, 2.24) is 5.16 Å². The molecule has 0 radical (unpaired) electrons. The third-order valence-electron chi connectivity index (χ3n) is 3.75. The van der Waals surface area contributed by atoms with Crippen molar-refractivity contribution >= 4 is 23.3 Å². The Hall–Kier alpha value is -3.61. The molecule has 144 valence electrons. The molecule has 0 saturated carbocycles. The van der Waals surface area contributed by atoms with Crippen molar-refractivity contribution in [3.63, 3.8) is 0 Å². The second-order valence-corrected chi connectivity index (χ2v) is 6.47. The number of amides is 2. The lowest BCUT2D eigenvalue weighted by atomic mass is 10.1. The van der Waals surface area contributed by atoms with Gasteiger partial charge in [0.1, 0.15) is 11.5 Å². The number of anilines is 2. The molecule has 28 heavy (non-hydrogen) atoms. The van der Waals surface area contributed by atoms with Gasteiger partial charge in [-0.15, -0.1) is 0 Å². The number of aryl methyl sites for hydroxylation is 1. The highest BCUT2D eigenvalue weighted by Gasteiger charge is 2.14. The molecule has 2 amide bonds. The van der Waals surface area contributed by atoms with Gasteiger partial charge in [-0.05, 0) is 51.1 Å². The lowest BCUT2D eigenvalue weighted by molar-refractivity contribution is 0.102. The zero-order valence-electron chi connectivity index (χ0n) is 15.9. The summed E-state index contributed by atoms with van der Waals surface area (Å²) in [5.74, 6) is 0.766. The molecular formula is C21H21N3O4. The van der Waals surface area contributed by atoms with E-state index in [0.717, 1.165) is 0 Å². The first-order chi connectivity index (χ1) is 13.4. The Balaban J connectivity index is 1.75. The van der Waals surface area contributed by atoms with Crippen molar-refractivity contribution in [3.05, 3.63) is 71.5 Å². The van der Waals surface area contributed by atoms with Gasteiger partial charge >= 0.3 is 0 Å². The van der Waals surface area contributed by atoms with E-state index in [0.29, 0.717) is 34.1 Å². The van der Waals surface area contributed by atoms with Crippen LogP contribution in [0.25, 0.3) is 0 Å². The molecule has 0 spiro atoms. The first-order valence-electron chi connectivity index (χ1n) is 8.84. The molecule has 0 aliphatic heterocycles. The van der Waals surface area contributed by atoms with Crippen LogP contribution in [0.5, 0.6) is 5.75 Å². The average Bonchev–Trinajstić information content (AvgIpc) is 3.07. The van der Waals surface area contributed by atoms with Crippen LogP contribution in [0.4, 0.5) is 11.5 Å². The van der Waals surface area contributed by atoms with Gasteiger partial charge in [-0.3, -0.25) is 9.59 Å². The van der Waals surface area contributed by atoms with Crippen LogP contribution in [0, 0.1) is 6.92 Å². The number of rotatable bonds is 6. The Kier molecular flexibility index (Phi) is 5.74. The zero-order chi connectivity index (χ0) is 20.1. The molecule has 7 nitrogen and oxygen atoms in total. The Morgan fingerprint density at radius 3 is 2.29 bits per heavy atom. The number of ether oxygens (including phenoxy) is 1. The van der Waals surface area contributed by atoms with Crippen LogP contribution in [0.1, 0.15) is 40.3 Å². The predicted molar refractivity (Wildman–Crippen MR) is 106 cm³/mol. The molecule has 2 aromatic carbocycles. The lowest BCUT2D eigenvalue weighted by Crippen LogP contribution is -2.16. The highest BCUT2D eigenvalue weighted by Crippen LogP contribution is 2.25. The van der Waals surface area contributed by atoms with Gasteiger partial charge in [0.25, 0.3) is 11.8 Å². The molecule has 1 heterocycles. The average molecular weight is 379 g/mol. The maximum Gasteiger partial charge on any atom is 0.256 e. The van der Waals surface area contributed by atoms with Crippen LogP contribution < -0.4 is 15.4 Å². The second-order valence-electron chi connectivity index (χ2n) is 6.47. The number of nitrogens with one attached hydrogen (secondary N) is 2. The van der Waals surface area contributed by atoms with Gasteiger partial charge in [0.2, 0.25) is 0 Å². The fraction of sp³-hybridized carbons (Fsp3) is 0.190. The Bertz CT molecular complexity index is 995. The molecule has 2 N–H and O–H groups in total. The topological polar surface area (TPSA) is 93.5 Å². The van der Waals surface area contributed by atoms with Crippen molar-refractivity contribution in [2.45, 2.75) is 26.9 Å². The summed E-state index contributed by atoms with van der Waals surface area (Å²) in [6, 6.07) is 15.2. The van der Waals surface area contributed by atoms with Gasteiger partial charge in [-0.2, -0.15) is 0 Å². The summed E-state index contributed by atoms with van der Waals surface area (Å²) < 4.78 is 10.6. The SMILES string of the molecule is Cc1cc(NC(=O)c2cccc(C(=O)Nc3ccccc3OC(C)C)c2)no1. The third-order valence-corrected chi connectivity index (χ3v) is 3.75. The number of nitrogens with zero attached hydrogens (tertiary/aromatic N) is 1. The van der Waals surface area contributed by atoms with Gasteiger partial charge in [0, 0.05) is 17.2 Å². The van der Waals surface area contributed by atoms with E-state index in [9.17, 15) is 9.59 Å². The van der Waals surface area contributed by atoms with E-state index in [2.05, 4.69) is 15.8 Å². The second kappa shape index (κ2) is 8.39. The number of carbonyl (C=O) groups is 2. The summed E-state index contributed by atoms with van der Waals surface area (Å²) >= 11 is 0. The number of para-hydroxylation sites is 2. The van der Waals surface area contributed by atoms with Crippen molar-refractivity contribution in [2.24, 2.45) is 0 Å². The van der Waals surface area contributed by atoms with E-state index in [-0.39, 0.29) is 17.9 Å². The first-order valence-corrected chi connectivity index (χ1v) is 8.84. The summed E-state index contributed by atoms with van der Waals surface area (Å²) in [6.07, 6.45) is -0.0229. The van der Waals surface area contributed by atoms with E-state index in [1.165, 1.54) is 6.07 Å². The molecule has 3 rings (SSSR count). The molecule has 0 saturated heterocycles. The summed E-state index contributed by atoms with van der Waals surface area (Å²) in [5.41, 5.74) is 1.25. The number of carbonyl (C=O) groups excluding carboxylic acids is 2. The molecule has 3 aromatic rings. The number of aromatic nitrogens is 1. The fourth-order valence-electron chi connectivity index (χ4n) is 2.54. The molecular weight excluding hydrogens is 358 g/mol. The van der Waals surface area contributed by atoms with Crippen LogP contribution in [-0.2, 0) is 0 Å². The number of hydrogen-bond acceptors (Lipinski definition) is 5. The maximum absolute atomic E-state index is 12.7. The quantitative estimate of drug-likeness (QED) is 0.667. The van der Waals surface area contributed by atoms with Crippen molar-refractivity contribution < 1.29 is 18.8 Å². The largest absolute Gasteiger partial charge is 0.489 e. The summed E-state index contributed by atoms with van der Waals surface area (Å²) in [5, 5.41) is 9.19. The van der Waals surface area contributed by atoms with Crippen molar-refractivity contribution in [3.8, 4) is 5.75 Å². The van der Waals surface area contributed by atoms with E-state index < -0.39 is 0 Å². The minimum absolute atomic E-state index is 0.0229. The van der Waals surface area contributed by atoms with Crippen LogP contribution >= 0.6 is 0 Å². The molecule has 0 aliphatic carbocycles. The van der Waals surface area contributed by atoms with Gasteiger partial charge in [0.05, 0.1) is 11.8 Å². The molecule has 0 unspecified atom stereocenters. The molecule has 7 heteroatoms. The first kappa shape index (κ1) is 19.2. The molecule has 0 bridgehead atoms. The molecule has 0 aliphatic rings. The highest BCUT2D eigenvalue weighted by atomic mass is 16.5. The van der Waals surface area contributed by atoms with Crippen LogP contribution in [0.15, 0.2) is 59.1 Å². The van der Waals surface area contributed by atoms with Crippen LogP contribution in [0.2, 0.25) is 0 Å². The lowest BCUT2D eigenvalue weighted by Gasteiger charge is -2.15. The maximum atomic E-state index is 12.7. The minimum atomic E-state index is -0.383. The standard InChI is InChI=1S/C21H21N3O4/c1-13(2)27-18-10-5-4-9-17(18)22-20(25)15-7-6-8-16(12-15)21(26)23-19-11-14(3)28-24-19/h4-13H,1-3H3,(H,22,25)(H,23,24,26). The van der Waals surface area contributed by atoms with Gasteiger partial charge < -0.3 is 19.9 Å². The van der Waals surface area contributed by atoms with Gasteiger partial charge in [0.15, 0.2) is 5.82 Å². The van der Waals surface area contributed by atoms with E-state index in [4.69, 9.17) is 9.26 Å². The molecule has 0 atom stereocenters. The van der Waals surface area contributed by atoms with Gasteiger partial charge in [-0.25, -0.2) is 0 Å². The van der Waals surface area contributed by atoms with Crippen LogP contribution in [0.3, 0.4) is 0 Å². The zero-order valence-corrected chi connectivity index (χ0v) is 15.9. The van der Waals surface area contributed by atoms with Crippen molar-refractivity contribution in [2.75, 3.05) is 10.6 Å². The Morgan fingerprint density at radius 2 is 1.64 bits per heavy atom. The van der Waals surface area contributed by atoms with E-state index in [1.54, 1.807) is 43.3 Å². The normalized spacial score (nSPS) is 10.6. The Labute approximate surface area is 162 Å². The smallest absolute Gasteiger partial charge is 0.256 e. The monoisotopic (exact) mass is 379 g/mol. The van der Waals surface area contributed by atoms with Crippen molar-refractivity contribution in [1.29, 1.82) is 0 Å². The van der Waals surface area contributed by atoms with E-state index >= 15 is 0 Å².